The van der Waals surface area contributed by atoms with E-state index < -0.39 is 46.2 Å². The molecule has 5 rings (SSSR count). The van der Waals surface area contributed by atoms with Crippen LogP contribution in [0.25, 0.3) is 26.8 Å². The number of fused-ring (bicyclic) bond motifs is 2. The third-order valence-corrected chi connectivity index (χ3v) is 6.81. The Bertz CT molecular complexity index is 1480. The van der Waals surface area contributed by atoms with E-state index in [4.69, 9.17) is 27.6 Å². The number of carbonyl (C=O) groups is 2. The van der Waals surface area contributed by atoms with Crippen LogP contribution in [-0.2, 0) is 0 Å². The zero-order chi connectivity index (χ0) is 23.8. The van der Waals surface area contributed by atoms with Crippen LogP contribution in [0.1, 0.15) is 26.5 Å². The SMILES string of the molecule is O=C1C(=Cc2cc3sc(-c4c(F)c(F)c(F)c(F)c4F)cc3o2)C(=O)c2cc(Cl)c(Cl)cc21. The molecule has 0 aliphatic heterocycles. The summed E-state index contributed by atoms with van der Waals surface area (Å²) in [6, 6.07) is 5.05. The lowest BCUT2D eigenvalue weighted by Crippen LogP contribution is -2.03. The molecule has 0 N–H and O–H groups in total. The molecule has 166 valence electrons. The summed E-state index contributed by atoms with van der Waals surface area (Å²) in [6.45, 7) is 0. The van der Waals surface area contributed by atoms with E-state index in [2.05, 4.69) is 0 Å². The van der Waals surface area contributed by atoms with Crippen molar-refractivity contribution in [2.24, 2.45) is 0 Å². The van der Waals surface area contributed by atoms with Gasteiger partial charge in [0.1, 0.15) is 11.3 Å². The molecular weight excluding hydrogens is 510 g/mol. The number of halogens is 7. The maximum atomic E-state index is 14.1. The third-order valence-electron chi connectivity index (χ3n) is 5.01. The molecule has 2 aromatic carbocycles. The van der Waals surface area contributed by atoms with Crippen LogP contribution < -0.4 is 0 Å². The molecule has 3 nitrogen and oxygen atoms in total. The fraction of sp³-hybridized carbons (Fsp3) is 0. The highest BCUT2D eigenvalue weighted by Gasteiger charge is 2.34. The van der Waals surface area contributed by atoms with Gasteiger partial charge >= 0.3 is 0 Å². The first kappa shape index (κ1) is 21.8. The van der Waals surface area contributed by atoms with E-state index in [0.29, 0.717) is 16.0 Å². The molecule has 2 aromatic heterocycles. The Morgan fingerprint density at radius 3 is 1.79 bits per heavy atom. The van der Waals surface area contributed by atoms with E-state index >= 15 is 0 Å². The van der Waals surface area contributed by atoms with E-state index in [9.17, 15) is 31.5 Å². The quantitative estimate of drug-likeness (QED) is 0.0907. The summed E-state index contributed by atoms with van der Waals surface area (Å²) in [4.78, 5) is 25.0. The third kappa shape index (κ3) is 3.22. The minimum Gasteiger partial charge on any atom is -0.456 e. The predicted octanol–water partition coefficient (Wildman–Crippen LogP) is 7.63. The van der Waals surface area contributed by atoms with Gasteiger partial charge in [-0.1, -0.05) is 23.2 Å². The number of benzene rings is 2. The van der Waals surface area contributed by atoms with Gasteiger partial charge in [-0.25, -0.2) is 22.0 Å². The molecule has 0 amide bonds. The van der Waals surface area contributed by atoms with Crippen molar-refractivity contribution >= 4 is 62.5 Å². The molecule has 2 heterocycles. The lowest BCUT2D eigenvalue weighted by molar-refractivity contribution is 0.0990. The minimum atomic E-state index is -2.25. The molecule has 0 radical (unpaired) electrons. The Hall–Kier alpha value is -3.01. The molecule has 0 unspecified atom stereocenters. The van der Waals surface area contributed by atoms with Crippen molar-refractivity contribution in [3.8, 4) is 10.4 Å². The standard InChI is InChI=1S/C22H5Cl2F5O3S/c23-10-3-7-8(4-11(10)24)22(31)9(21(7)30)1-6-2-13-12(32-6)5-14(33-13)15-16(25)18(27)20(29)19(28)17(15)26/h1-5H. The number of allylic oxidation sites excluding steroid dienone is 1. The summed E-state index contributed by atoms with van der Waals surface area (Å²) in [5.74, 6) is -11.4. The molecule has 11 heteroatoms. The van der Waals surface area contributed by atoms with Crippen LogP contribution in [0.15, 0.2) is 34.3 Å². The smallest absolute Gasteiger partial charge is 0.200 e. The largest absolute Gasteiger partial charge is 0.456 e. The Balaban J connectivity index is 1.55. The van der Waals surface area contributed by atoms with Crippen LogP contribution in [0.3, 0.4) is 0 Å². The first-order chi connectivity index (χ1) is 15.6. The molecule has 0 fully saturated rings. The van der Waals surface area contributed by atoms with Crippen LogP contribution in [-0.4, -0.2) is 11.6 Å². The van der Waals surface area contributed by atoms with E-state index in [0.717, 1.165) is 6.07 Å². The van der Waals surface area contributed by atoms with E-state index in [1.807, 2.05) is 0 Å². The van der Waals surface area contributed by atoms with Crippen LogP contribution in [0.4, 0.5) is 22.0 Å². The van der Waals surface area contributed by atoms with Crippen LogP contribution in [0.5, 0.6) is 0 Å². The fourth-order valence-electron chi connectivity index (χ4n) is 3.46. The van der Waals surface area contributed by atoms with Crippen molar-refractivity contribution in [2.75, 3.05) is 0 Å². The zero-order valence-corrected chi connectivity index (χ0v) is 18.0. The predicted molar refractivity (Wildman–Crippen MR) is 112 cm³/mol. The van der Waals surface area contributed by atoms with Gasteiger partial charge in [0, 0.05) is 28.1 Å². The Morgan fingerprint density at radius 1 is 0.758 bits per heavy atom. The minimum absolute atomic E-state index is 0.0623. The summed E-state index contributed by atoms with van der Waals surface area (Å²) >= 11 is 12.5. The van der Waals surface area contributed by atoms with Crippen molar-refractivity contribution in [3.05, 3.63) is 85.9 Å². The number of rotatable bonds is 2. The number of thiophene rings is 1. The number of Topliss-reactive ketones (excluding diaryl/α,β-unsaturated/α-hetero) is 2. The number of ketones is 2. The highest BCUT2D eigenvalue weighted by atomic mass is 35.5. The van der Waals surface area contributed by atoms with Gasteiger partial charge in [-0.3, -0.25) is 9.59 Å². The number of carbonyl (C=O) groups excluding carboxylic acids is 2. The second-order valence-corrected chi connectivity index (χ2v) is 8.86. The normalized spacial score (nSPS) is 13.4. The summed E-state index contributed by atoms with van der Waals surface area (Å²) in [5.41, 5.74) is -1.05. The van der Waals surface area contributed by atoms with Gasteiger partial charge in [-0.05, 0) is 18.2 Å². The van der Waals surface area contributed by atoms with Crippen LogP contribution in [0.2, 0.25) is 10.0 Å². The van der Waals surface area contributed by atoms with Crippen molar-refractivity contribution in [3.63, 3.8) is 0 Å². The average Bonchev–Trinajstić information content (AvgIpc) is 3.39. The number of hydrogen-bond acceptors (Lipinski definition) is 4. The van der Waals surface area contributed by atoms with E-state index in [1.54, 1.807) is 0 Å². The molecule has 1 aliphatic rings. The van der Waals surface area contributed by atoms with Crippen LogP contribution >= 0.6 is 34.5 Å². The molecule has 0 spiro atoms. The molecule has 0 saturated heterocycles. The van der Waals surface area contributed by atoms with Gasteiger partial charge in [-0.15, -0.1) is 11.3 Å². The maximum absolute atomic E-state index is 14.1. The maximum Gasteiger partial charge on any atom is 0.200 e. The highest BCUT2D eigenvalue weighted by Crippen LogP contribution is 2.41. The van der Waals surface area contributed by atoms with Crippen molar-refractivity contribution in [2.45, 2.75) is 0 Å². The first-order valence-corrected chi connectivity index (χ1v) is 10.5. The Labute approximate surface area is 194 Å². The molecule has 33 heavy (non-hydrogen) atoms. The lowest BCUT2D eigenvalue weighted by atomic mass is 10.1. The lowest BCUT2D eigenvalue weighted by Gasteiger charge is -2.05. The zero-order valence-electron chi connectivity index (χ0n) is 15.7. The monoisotopic (exact) mass is 514 g/mol. The van der Waals surface area contributed by atoms with Gasteiger partial charge in [0.15, 0.2) is 34.8 Å². The summed E-state index contributed by atoms with van der Waals surface area (Å²) in [5, 5.41) is 0.217. The molecule has 0 atom stereocenters. The van der Waals surface area contributed by atoms with E-state index in [-0.39, 0.29) is 43.0 Å². The first-order valence-electron chi connectivity index (χ1n) is 8.93. The molecule has 0 bridgehead atoms. The number of furan rings is 1. The second kappa shape index (κ2) is 7.51. The summed E-state index contributed by atoms with van der Waals surface area (Å²) in [7, 11) is 0. The van der Waals surface area contributed by atoms with Crippen molar-refractivity contribution in [1.29, 1.82) is 0 Å². The van der Waals surface area contributed by atoms with Gasteiger partial charge in [0.25, 0.3) is 0 Å². The van der Waals surface area contributed by atoms with E-state index in [1.165, 1.54) is 24.3 Å². The fourth-order valence-corrected chi connectivity index (χ4v) is 4.85. The van der Waals surface area contributed by atoms with Crippen molar-refractivity contribution < 1.29 is 36.0 Å². The topological polar surface area (TPSA) is 47.3 Å². The average molecular weight is 515 g/mol. The van der Waals surface area contributed by atoms with Crippen molar-refractivity contribution in [1.82, 2.24) is 0 Å². The number of hydrogen-bond donors (Lipinski definition) is 0. The Kier molecular flexibility index (Phi) is 4.97. The van der Waals surface area contributed by atoms with Gasteiger partial charge in [0.2, 0.25) is 5.82 Å². The second-order valence-electron chi connectivity index (χ2n) is 6.96. The molecule has 4 aromatic rings. The summed E-state index contributed by atoms with van der Waals surface area (Å²) in [6.07, 6.45) is 1.19. The molecular formula is C22H5Cl2F5O3S. The van der Waals surface area contributed by atoms with Gasteiger partial charge in [0.05, 0.1) is 25.9 Å². The molecule has 1 aliphatic carbocycles. The van der Waals surface area contributed by atoms with Gasteiger partial charge in [-0.2, -0.15) is 0 Å². The highest BCUT2D eigenvalue weighted by molar-refractivity contribution is 7.22. The van der Waals surface area contributed by atoms with Crippen LogP contribution in [0, 0.1) is 29.1 Å². The molecule has 0 saturated carbocycles. The van der Waals surface area contributed by atoms with Gasteiger partial charge < -0.3 is 4.42 Å². The summed E-state index contributed by atoms with van der Waals surface area (Å²) < 4.78 is 74.3. The Morgan fingerprint density at radius 2 is 1.27 bits per heavy atom.